The van der Waals surface area contributed by atoms with Gasteiger partial charge in [-0.3, -0.25) is 10.1 Å². The molecule has 0 atom stereocenters. The van der Waals surface area contributed by atoms with E-state index in [1.54, 1.807) is 48.5 Å². The molecule has 6 nitrogen and oxygen atoms in total. The SMILES string of the molecule is Cc1ccc(-c2nc3cc(NC(=S)NC(=O)c4ccc(-c5cccc(Cl)c5Cl)o4)ccc3o2)cc1C. The molecule has 0 bridgehead atoms. The molecule has 0 saturated heterocycles. The summed E-state index contributed by atoms with van der Waals surface area (Å²) in [5.41, 5.74) is 5.82. The number of aryl methyl sites for hydroxylation is 2. The van der Waals surface area contributed by atoms with Gasteiger partial charge in [0.1, 0.15) is 11.3 Å². The summed E-state index contributed by atoms with van der Waals surface area (Å²) in [6.45, 7) is 4.11. The van der Waals surface area contributed by atoms with Crippen molar-refractivity contribution in [2.24, 2.45) is 0 Å². The van der Waals surface area contributed by atoms with E-state index < -0.39 is 5.91 Å². The summed E-state index contributed by atoms with van der Waals surface area (Å²) < 4.78 is 11.6. The van der Waals surface area contributed by atoms with Crippen LogP contribution in [0.4, 0.5) is 5.69 Å². The summed E-state index contributed by atoms with van der Waals surface area (Å²) in [5.74, 6) is 0.531. The highest BCUT2D eigenvalue weighted by Crippen LogP contribution is 2.34. The molecule has 2 heterocycles. The zero-order chi connectivity index (χ0) is 25.4. The Labute approximate surface area is 222 Å². The number of fused-ring (bicyclic) bond motifs is 1. The summed E-state index contributed by atoms with van der Waals surface area (Å²) in [5, 5.41) is 6.46. The van der Waals surface area contributed by atoms with Crippen molar-refractivity contribution in [2.45, 2.75) is 13.8 Å². The highest BCUT2D eigenvalue weighted by Gasteiger charge is 2.17. The molecule has 0 unspecified atom stereocenters. The molecule has 5 rings (SSSR count). The molecule has 0 saturated carbocycles. The van der Waals surface area contributed by atoms with Crippen LogP contribution in [0, 0.1) is 13.8 Å². The lowest BCUT2D eigenvalue weighted by Crippen LogP contribution is -2.33. The second kappa shape index (κ2) is 9.78. The van der Waals surface area contributed by atoms with Crippen LogP contribution in [0.3, 0.4) is 0 Å². The van der Waals surface area contributed by atoms with E-state index in [1.165, 1.54) is 5.56 Å². The molecule has 0 aliphatic heterocycles. The normalized spacial score (nSPS) is 11.0. The van der Waals surface area contributed by atoms with Gasteiger partial charge in [0.05, 0.1) is 10.0 Å². The van der Waals surface area contributed by atoms with Crippen LogP contribution in [0.15, 0.2) is 75.6 Å². The first kappa shape index (κ1) is 24.1. The van der Waals surface area contributed by atoms with Gasteiger partial charge in [0.25, 0.3) is 5.91 Å². The molecule has 0 fully saturated rings. The Morgan fingerprint density at radius 2 is 1.78 bits per heavy atom. The molecule has 2 N–H and O–H groups in total. The standard InChI is InChI=1S/C27H19Cl2N3O3S/c1-14-6-7-16(12-15(14)2)26-31-20-13-17(8-9-22(20)35-26)30-27(36)32-25(33)23-11-10-21(34-23)18-4-3-5-19(28)24(18)29/h3-13H,1-2H3,(H2,30,32,33,36). The Morgan fingerprint density at radius 1 is 0.944 bits per heavy atom. The van der Waals surface area contributed by atoms with Crippen molar-refractivity contribution in [3.05, 3.63) is 93.7 Å². The maximum absolute atomic E-state index is 12.6. The molecule has 2 aromatic heterocycles. The average Bonchev–Trinajstić information content (AvgIpc) is 3.50. The Kier molecular flexibility index (Phi) is 6.53. The van der Waals surface area contributed by atoms with Gasteiger partial charge in [-0.25, -0.2) is 4.98 Å². The molecule has 5 aromatic rings. The van der Waals surface area contributed by atoms with Crippen molar-refractivity contribution in [3.8, 4) is 22.8 Å². The fourth-order valence-electron chi connectivity index (χ4n) is 3.63. The number of hydrogen-bond donors (Lipinski definition) is 2. The van der Waals surface area contributed by atoms with E-state index in [4.69, 9.17) is 44.3 Å². The predicted molar refractivity (Wildman–Crippen MR) is 147 cm³/mol. The van der Waals surface area contributed by atoms with Crippen molar-refractivity contribution in [1.29, 1.82) is 0 Å². The molecule has 3 aromatic carbocycles. The lowest BCUT2D eigenvalue weighted by Gasteiger charge is -2.08. The fourth-order valence-corrected chi connectivity index (χ4v) is 4.23. The second-order valence-corrected chi connectivity index (χ2v) is 9.37. The largest absolute Gasteiger partial charge is 0.451 e. The minimum absolute atomic E-state index is 0.0789. The number of nitrogens with zero attached hydrogens (tertiary/aromatic N) is 1. The van der Waals surface area contributed by atoms with Gasteiger partial charge in [-0.2, -0.15) is 0 Å². The van der Waals surface area contributed by atoms with Crippen molar-refractivity contribution in [1.82, 2.24) is 10.3 Å². The molecular weight excluding hydrogens is 517 g/mol. The third kappa shape index (κ3) is 4.86. The smallest absolute Gasteiger partial charge is 0.293 e. The number of halogens is 2. The molecule has 0 radical (unpaired) electrons. The van der Waals surface area contributed by atoms with E-state index >= 15 is 0 Å². The lowest BCUT2D eigenvalue weighted by molar-refractivity contribution is 0.0951. The number of nitrogens with one attached hydrogen (secondary N) is 2. The van der Waals surface area contributed by atoms with Gasteiger partial charge in [0, 0.05) is 16.8 Å². The number of thiocarbonyl (C=S) groups is 1. The number of aromatic nitrogens is 1. The Morgan fingerprint density at radius 3 is 2.58 bits per heavy atom. The van der Waals surface area contributed by atoms with Gasteiger partial charge in [-0.1, -0.05) is 35.3 Å². The average molecular weight is 536 g/mol. The number of benzene rings is 3. The highest BCUT2D eigenvalue weighted by atomic mass is 35.5. The van der Waals surface area contributed by atoms with Crippen LogP contribution < -0.4 is 10.6 Å². The number of hydrogen-bond acceptors (Lipinski definition) is 5. The summed E-state index contributed by atoms with van der Waals surface area (Å²) in [7, 11) is 0. The first-order chi connectivity index (χ1) is 17.3. The third-order valence-electron chi connectivity index (χ3n) is 5.67. The van der Waals surface area contributed by atoms with Crippen LogP contribution in [0.2, 0.25) is 10.0 Å². The maximum Gasteiger partial charge on any atom is 0.293 e. The van der Waals surface area contributed by atoms with Crippen LogP contribution in [-0.4, -0.2) is 16.0 Å². The first-order valence-corrected chi connectivity index (χ1v) is 12.1. The van der Waals surface area contributed by atoms with Crippen LogP contribution in [0.5, 0.6) is 0 Å². The van der Waals surface area contributed by atoms with Crippen LogP contribution in [0.1, 0.15) is 21.7 Å². The van der Waals surface area contributed by atoms with E-state index in [0.29, 0.717) is 44.0 Å². The van der Waals surface area contributed by atoms with Gasteiger partial charge in [-0.15, -0.1) is 0 Å². The topological polar surface area (TPSA) is 80.3 Å². The molecule has 0 spiro atoms. The van der Waals surface area contributed by atoms with E-state index in [0.717, 1.165) is 11.1 Å². The predicted octanol–water partition coefficient (Wildman–Crippen LogP) is 7.81. The molecule has 0 aliphatic carbocycles. The second-order valence-electron chi connectivity index (χ2n) is 8.17. The summed E-state index contributed by atoms with van der Waals surface area (Å²) in [6.07, 6.45) is 0. The summed E-state index contributed by atoms with van der Waals surface area (Å²) in [4.78, 5) is 17.2. The number of anilines is 1. The summed E-state index contributed by atoms with van der Waals surface area (Å²) >= 11 is 17.6. The van der Waals surface area contributed by atoms with Crippen molar-refractivity contribution in [2.75, 3.05) is 5.32 Å². The van der Waals surface area contributed by atoms with E-state index in [-0.39, 0.29) is 10.9 Å². The van der Waals surface area contributed by atoms with Crippen molar-refractivity contribution < 1.29 is 13.6 Å². The number of carbonyl (C=O) groups excluding carboxylic acids is 1. The van der Waals surface area contributed by atoms with Gasteiger partial charge in [0.15, 0.2) is 16.5 Å². The van der Waals surface area contributed by atoms with Crippen LogP contribution in [-0.2, 0) is 0 Å². The van der Waals surface area contributed by atoms with E-state index in [2.05, 4.69) is 29.5 Å². The Bertz CT molecular complexity index is 1640. The first-order valence-electron chi connectivity index (χ1n) is 10.9. The van der Waals surface area contributed by atoms with Crippen LogP contribution in [0.25, 0.3) is 33.9 Å². The van der Waals surface area contributed by atoms with E-state index in [1.807, 2.05) is 18.2 Å². The molecule has 9 heteroatoms. The van der Waals surface area contributed by atoms with Gasteiger partial charge in [0.2, 0.25) is 5.89 Å². The monoisotopic (exact) mass is 535 g/mol. The third-order valence-corrected chi connectivity index (χ3v) is 6.70. The number of furan rings is 1. The van der Waals surface area contributed by atoms with Crippen molar-refractivity contribution >= 4 is 63.2 Å². The zero-order valence-corrected chi connectivity index (χ0v) is 21.5. The number of carbonyl (C=O) groups is 1. The van der Waals surface area contributed by atoms with E-state index in [9.17, 15) is 4.79 Å². The molecule has 0 aliphatic rings. The quantitative estimate of drug-likeness (QED) is 0.228. The fraction of sp³-hybridized carbons (Fsp3) is 0.0741. The maximum atomic E-state index is 12.6. The minimum Gasteiger partial charge on any atom is -0.451 e. The molecule has 36 heavy (non-hydrogen) atoms. The lowest BCUT2D eigenvalue weighted by atomic mass is 10.1. The number of amides is 1. The number of rotatable bonds is 4. The van der Waals surface area contributed by atoms with Gasteiger partial charge in [-0.05, 0) is 91.8 Å². The molecular formula is C27H19Cl2N3O3S. The highest BCUT2D eigenvalue weighted by molar-refractivity contribution is 7.80. The van der Waals surface area contributed by atoms with Gasteiger partial charge < -0.3 is 14.2 Å². The minimum atomic E-state index is -0.503. The number of oxazole rings is 1. The zero-order valence-electron chi connectivity index (χ0n) is 19.2. The molecule has 180 valence electrons. The summed E-state index contributed by atoms with van der Waals surface area (Å²) in [6, 6.07) is 19.8. The van der Waals surface area contributed by atoms with Crippen LogP contribution >= 0.6 is 35.4 Å². The Hall–Kier alpha value is -3.65. The van der Waals surface area contributed by atoms with Gasteiger partial charge >= 0.3 is 0 Å². The van der Waals surface area contributed by atoms with Crippen molar-refractivity contribution in [3.63, 3.8) is 0 Å². The Balaban J connectivity index is 1.28. The molecule has 1 amide bonds.